The molecule has 1 heterocycles. The Labute approximate surface area is 148 Å². The normalized spacial score (nSPS) is 13.6. The van der Waals surface area contributed by atoms with E-state index >= 15 is 0 Å². The molecule has 1 nitrogen and oxygen atoms in total. The average Bonchev–Trinajstić information content (AvgIpc) is 2.89. The van der Waals surface area contributed by atoms with Crippen molar-refractivity contribution in [2.75, 3.05) is 0 Å². The molecule has 2 bridgehead atoms. The Hall–Kier alpha value is -3.06. The fraction of sp³-hybridized carbons (Fsp3) is 0.0833. The molecule has 3 aromatic rings. The zero-order valence-corrected chi connectivity index (χ0v) is 14.7. The van der Waals surface area contributed by atoms with E-state index in [1.807, 2.05) is 12.1 Å². The Kier molecular flexibility index (Phi) is 3.58. The van der Waals surface area contributed by atoms with Crippen molar-refractivity contribution in [2.24, 2.45) is 0 Å². The van der Waals surface area contributed by atoms with Crippen molar-refractivity contribution in [1.29, 1.82) is 0 Å². The lowest BCUT2D eigenvalue weighted by Crippen LogP contribution is -2.01. The van der Waals surface area contributed by atoms with Crippen LogP contribution in [0.5, 0.6) is 0 Å². The van der Waals surface area contributed by atoms with Crippen LogP contribution in [0.4, 0.5) is 0 Å². The van der Waals surface area contributed by atoms with Gasteiger partial charge in [0.2, 0.25) is 0 Å². The number of allylic oxidation sites excluding steroid dienone is 1. The Balaban J connectivity index is 2.38. The van der Waals surface area contributed by atoms with Gasteiger partial charge < -0.3 is 4.98 Å². The van der Waals surface area contributed by atoms with Gasteiger partial charge in [-0.2, -0.15) is 0 Å². The molecule has 1 heteroatoms. The van der Waals surface area contributed by atoms with Crippen LogP contribution in [-0.4, -0.2) is 4.98 Å². The van der Waals surface area contributed by atoms with Gasteiger partial charge in [0.1, 0.15) is 0 Å². The first-order valence-corrected chi connectivity index (χ1v) is 8.56. The van der Waals surface area contributed by atoms with E-state index in [1.165, 1.54) is 27.6 Å². The lowest BCUT2D eigenvalue weighted by molar-refractivity contribution is 1.28. The maximum Gasteiger partial charge on any atom is 0.0468 e. The van der Waals surface area contributed by atoms with E-state index in [-0.39, 0.29) is 0 Å². The lowest BCUT2D eigenvalue weighted by Gasteiger charge is -2.11. The summed E-state index contributed by atoms with van der Waals surface area (Å²) >= 11 is 0. The average molecular weight is 323 g/mol. The SMILES string of the molecule is C=c1cccc2c(=C)c3c(c(C)[nH]c3cc1)/C(=C\C)c1ccccc1-2. The maximum absolute atomic E-state index is 4.48. The molecule has 0 radical (unpaired) electrons. The van der Waals surface area contributed by atoms with E-state index in [4.69, 9.17) is 0 Å². The van der Waals surface area contributed by atoms with Crippen LogP contribution in [0.15, 0.2) is 60.7 Å². The third kappa shape index (κ3) is 2.32. The van der Waals surface area contributed by atoms with E-state index in [9.17, 15) is 0 Å². The van der Waals surface area contributed by atoms with Crippen molar-refractivity contribution in [3.05, 3.63) is 87.9 Å². The molecule has 1 aliphatic rings. The van der Waals surface area contributed by atoms with E-state index in [0.717, 1.165) is 27.2 Å². The van der Waals surface area contributed by atoms with Crippen molar-refractivity contribution in [3.8, 4) is 11.1 Å². The number of H-pyrrole nitrogens is 1. The summed E-state index contributed by atoms with van der Waals surface area (Å²) in [7, 11) is 0. The first-order chi connectivity index (χ1) is 12.1. The van der Waals surface area contributed by atoms with E-state index in [2.05, 4.69) is 80.5 Å². The van der Waals surface area contributed by atoms with E-state index in [0.29, 0.717) is 0 Å². The smallest absolute Gasteiger partial charge is 0.0468 e. The highest BCUT2D eigenvalue weighted by Crippen LogP contribution is 2.38. The maximum atomic E-state index is 4.48. The van der Waals surface area contributed by atoms with Gasteiger partial charge in [0.25, 0.3) is 0 Å². The van der Waals surface area contributed by atoms with Crippen LogP contribution in [-0.2, 0) is 0 Å². The molecule has 0 fully saturated rings. The van der Waals surface area contributed by atoms with Gasteiger partial charge in [-0.1, -0.05) is 67.8 Å². The summed E-state index contributed by atoms with van der Waals surface area (Å²) in [6.45, 7) is 12.8. The fourth-order valence-corrected chi connectivity index (χ4v) is 3.81. The first-order valence-electron chi connectivity index (χ1n) is 8.56. The topological polar surface area (TPSA) is 15.8 Å². The van der Waals surface area contributed by atoms with Crippen LogP contribution in [0.25, 0.3) is 40.8 Å². The predicted octanol–water partition coefficient (Wildman–Crippen LogP) is 4.85. The highest BCUT2D eigenvalue weighted by molar-refractivity contribution is 6.04. The van der Waals surface area contributed by atoms with Gasteiger partial charge in [0.15, 0.2) is 0 Å². The molecular formula is C24H21N. The zero-order valence-electron chi connectivity index (χ0n) is 14.7. The molecule has 0 spiro atoms. The first kappa shape index (κ1) is 15.5. The van der Waals surface area contributed by atoms with Gasteiger partial charge in [0.05, 0.1) is 0 Å². The minimum absolute atomic E-state index is 0.974. The standard InChI is InChI=1S/C24H21N/c1-5-18-20-10-6-7-11-21(20)19-12-8-9-15(2)13-14-22-23(16(19)3)24(18)17(4)25-22/h5-14,25H,2-3H2,1,4H3/b9-8?,14-13?,18-5-,19-12?. The summed E-state index contributed by atoms with van der Waals surface area (Å²) in [6.07, 6.45) is 2.20. The molecule has 0 atom stereocenters. The number of aromatic amines is 1. The van der Waals surface area contributed by atoms with Gasteiger partial charge in [-0.15, -0.1) is 0 Å². The second kappa shape index (κ2) is 5.78. The number of aromatic nitrogens is 1. The van der Waals surface area contributed by atoms with E-state index < -0.39 is 0 Å². The Morgan fingerprint density at radius 2 is 1.56 bits per heavy atom. The van der Waals surface area contributed by atoms with Crippen LogP contribution in [0.3, 0.4) is 0 Å². The fourth-order valence-electron chi connectivity index (χ4n) is 3.81. The highest BCUT2D eigenvalue weighted by Gasteiger charge is 2.20. The molecule has 0 unspecified atom stereocenters. The summed E-state index contributed by atoms with van der Waals surface area (Å²) in [4.78, 5) is 3.55. The molecule has 0 saturated carbocycles. The second-order valence-electron chi connectivity index (χ2n) is 6.49. The minimum Gasteiger partial charge on any atom is -0.358 e. The van der Waals surface area contributed by atoms with Crippen molar-refractivity contribution >= 4 is 29.6 Å². The van der Waals surface area contributed by atoms with Crippen LogP contribution in [0.2, 0.25) is 0 Å². The van der Waals surface area contributed by atoms with E-state index in [1.54, 1.807) is 0 Å². The van der Waals surface area contributed by atoms with Crippen molar-refractivity contribution in [1.82, 2.24) is 4.98 Å². The number of hydrogen-bond donors (Lipinski definition) is 1. The molecule has 0 amide bonds. The van der Waals surface area contributed by atoms with Crippen molar-refractivity contribution in [2.45, 2.75) is 13.8 Å². The van der Waals surface area contributed by atoms with Gasteiger partial charge >= 0.3 is 0 Å². The summed E-state index contributed by atoms with van der Waals surface area (Å²) in [6, 6.07) is 19.0. The summed E-state index contributed by atoms with van der Waals surface area (Å²) < 4.78 is 0. The number of nitrogens with one attached hydrogen (secondary N) is 1. The van der Waals surface area contributed by atoms with Crippen LogP contribution in [0, 0.1) is 6.92 Å². The third-order valence-electron chi connectivity index (χ3n) is 4.95. The minimum atomic E-state index is 0.974. The monoisotopic (exact) mass is 323 g/mol. The summed E-state index contributed by atoms with van der Waals surface area (Å²) in [5, 5.41) is 3.22. The van der Waals surface area contributed by atoms with Gasteiger partial charge in [0, 0.05) is 22.2 Å². The summed E-state index contributed by atoms with van der Waals surface area (Å²) in [5.41, 5.74) is 8.39. The molecule has 122 valence electrons. The quantitative estimate of drug-likeness (QED) is 0.476. The van der Waals surface area contributed by atoms with Gasteiger partial charge in [-0.3, -0.25) is 0 Å². The molecule has 1 aliphatic carbocycles. The molecular weight excluding hydrogens is 302 g/mol. The molecule has 1 aromatic heterocycles. The van der Waals surface area contributed by atoms with Crippen LogP contribution >= 0.6 is 0 Å². The molecule has 0 saturated heterocycles. The number of benzene rings is 1. The Bertz CT molecular complexity index is 1190. The molecule has 0 aliphatic heterocycles. The third-order valence-corrected chi connectivity index (χ3v) is 4.95. The van der Waals surface area contributed by atoms with Crippen molar-refractivity contribution in [3.63, 3.8) is 0 Å². The van der Waals surface area contributed by atoms with Gasteiger partial charge in [-0.05, 0) is 52.6 Å². The molecule has 25 heavy (non-hydrogen) atoms. The summed E-state index contributed by atoms with van der Waals surface area (Å²) in [5.74, 6) is 0. The Morgan fingerprint density at radius 3 is 2.32 bits per heavy atom. The van der Waals surface area contributed by atoms with Crippen LogP contribution in [0.1, 0.15) is 23.7 Å². The van der Waals surface area contributed by atoms with Crippen LogP contribution < -0.4 is 10.4 Å². The number of hydrogen-bond acceptors (Lipinski definition) is 0. The molecule has 4 rings (SSSR count). The molecule has 2 aromatic carbocycles. The number of rotatable bonds is 0. The molecule has 1 N–H and O–H groups in total. The lowest BCUT2D eigenvalue weighted by atomic mass is 9.93. The Morgan fingerprint density at radius 1 is 0.840 bits per heavy atom. The second-order valence-corrected chi connectivity index (χ2v) is 6.49. The number of aryl methyl sites for hydroxylation is 1. The zero-order chi connectivity index (χ0) is 17.6. The highest BCUT2D eigenvalue weighted by atomic mass is 14.7. The number of fused-ring (bicyclic) bond motifs is 3. The van der Waals surface area contributed by atoms with Gasteiger partial charge in [-0.25, -0.2) is 0 Å². The predicted molar refractivity (Wildman–Crippen MR) is 109 cm³/mol. The van der Waals surface area contributed by atoms with Crippen molar-refractivity contribution < 1.29 is 0 Å². The largest absolute Gasteiger partial charge is 0.358 e.